The third-order valence-electron chi connectivity index (χ3n) is 3.60. The van der Waals surface area contributed by atoms with Crippen LogP contribution in [0.1, 0.15) is 21.5 Å². The second-order valence-corrected chi connectivity index (χ2v) is 5.89. The van der Waals surface area contributed by atoms with Gasteiger partial charge < -0.3 is 10.1 Å². The van der Waals surface area contributed by atoms with Gasteiger partial charge in [-0.2, -0.15) is 13.2 Å². The topological polar surface area (TPSA) is 55.4 Å². The number of rotatable bonds is 5. The highest BCUT2D eigenvalue weighted by Crippen LogP contribution is 2.29. The zero-order valence-corrected chi connectivity index (χ0v) is 14.4. The van der Waals surface area contributed by atoms with E-state index in [4.69, 9.17) is 11.6 Å². The minimum Gasteiger partial charge on any atom is -0.467 e. The Morgan fingerprint density at radius 3 is 2.38 bits per heavy atom. The lowest BCUT2D eigenvalue weighted by molar-refractivity contribution is -0.143. The van der Waals surface area contributed by atoms with Crippen LogP contribution in [0.5, 0.6) is 0 Å². The maximum atomic E-state index is 12.8. The van der Waals surface area contributed by atoms with Crippen molar-refractivity contribution in [2.75, 3.05) is 7.11 Å². The van der Waals surface area contributed by atoms with Crippen LogP contribution in [0.2, 0.25) is 5.02 Å². The molecule has 8 heteroatoms. The Bertz CT molecular complexity index is 791. The summed E-state index contributed by atoms with van der Waals surface area (Å²) in [6, 6.07) is 9.51. The zero-order valence-electron chi connectivity index (χ0n) is 13.6. The van der Waals surface area contributed by atoms with Gasteiger partial charge in [-0.3, -0.25) is 4.79 Å². The molecule has 1 amide bonds. The van der Waals surface area contributed by atoms with Crippen molar-refractivity contribution in [1.29, 1.82) is 0 Å². The van der Waals surface area contributed by atoms with Gasteiger partial charge in [0, 0.05) is 17.0 Å². The molecule has 0 saturated heterocycles. The standard InChI is InChI=1S/C18H15ClF3NO3/c1-26-17(25)15(9-11-5-7-14(19)8-6-11)23-16(24)12-3-2-4-13(10-12)18(20,21)22/h2-8,10,15H,9H2,1H3,(H,23,24)/t15-/m1/s1. The number of hydrogen-bond acceptors (Lipinski definition) is 3. The van der Waals surface area contributed by atoms with Gasteiger partial charge in [0.2, 0.25) is 0 Å². The number of esters is 1. The van der Waals surface area contributed by atoms with Gasteiger partial charge >= 0.3 is 12.1 Å². The van der Waals surface area contributed by atoms with Crippen LogP contribution >= 0.6 is 11.6 Å². The van der Waals surface area contributed by atoms with Gasteiger partial charge in [0.1, 0.15) is 6.04 Å². The number of nitrogens with one attached hydrogen (secondary N) is 1. The molecule has 1 N–H and O–H groups in total. The lowest BCUT2D eigenvalue weighted by Crippen LogP contribution is -2.43. The van der Waals surface area contributed by atoms with Gasteiger partial charge in [-0.05, 0) is 35.9 Å². The number of halogens is 4. The van der Waals surface area contributed by atoms with E-state index < -0.39 is 29.7 Å². The van der Waals surface area contributed by atoms with Crippen molar-refractivity contribution in [3.05, 3.63) is 70.2 Å². The second kappa shape index (κ2) is 8.23. The molecule has 2 aromatic carbocycles. The molecule has 138 valence electrons. The first kappa shape index (κ1) is 19.8. The summed E-state index contributed by atoms with van der Waals surface area (Å²) in [4.78, 5) is 24.2. The number of ether oxygens (including phenoxy) is 1. The molecule has 0 aliphatic carbocycles. The predicted octanol–water partition coefficient (Wildman–Crippen LogP) is 3.87. The molecule has 0 aliphatic heterocycles. The molecule has 2 aromatic rings. The van der Waals surface area contributed by atoms with Crippen LogP contribution in [0.15, 0.2) is 48.5 Å². The lowest BCUT2D eigenvalue weighted by Gasteiger charge is -2.17. The molecule has 1 atom stereocenters. The Hall–Kier alpha value is -2.54. The fraction of sp³-hybridized carbons (Fsp3) is 0.222. The first-order chi connectivity index (χ1) is 12.2. The normalized spacial score (nSPS) is 12.3. The highest BCUT2D eigenvalue weighted by Gasteiger charge is 2.31. The van der Waals surface area contributed by atoms with Gasteiger partial charge in [0.15, 0.2) is 0 Å². The summed E-state index contributed by atoms with van der Waals surface area (Å²) in [7, 11) is 1.16. The summed E-state index contributed by atoms with van der Waals surface area (Å²) in [6.45, 7) is 0. The first-order valence-corrected chi connectivity index (χ1v) is 7.89. The van der Waals surface area contributed by atoms with Gasteiger partial charge in [0.25, 0.3) is 5.91 Å². The summed E-state index contributed by atoms with van der Waals surface area (Å²) in [5.41, 5.74) is -0.448. The van der Waals surface area contributed by atoms with E-state index in [0.29, 0.717) is 10.6 Å². The molecule has 2 rings (SSSR count). The molecule has 0 aliphatic rings. The molecular formula is C18H15ClF3NO3. The van der Waals surface area contributed by atoms with Crippen LogP contribution in [-0.2, 0) is 22.1 Å². The maximum absolute atomic E-state index is 12.8. The van der Waals surface area contributed by atoms with E-state index in [1.807, 2.05) is 0 Å². The van der Waals surface area contributed by atoms with Gasteiger partial charge in [-0.1, -0.05) is 29.8 Å². The average Bonchev–Trinajstić information content (AvgIpc) is 2.61. The summed E-state index contributed by atoms with van der Waals surface area (Å²) >= 11 is 5.80. The van der Waals surface area contributed by atoms with Crippen LogP contribution in [0.4, 0.5) is 13.2 Å². The van der Waals surface area contributed by atoms with E-state index in [1.54, 1.807) is 24.3 Å². The van der Waals surface area contributed by atoms with Crippen LogP contribution in [-0.4, -0.2) is 25.0 Å². The first-order valence-electron chi connectivity index (χ1n) is 7.51. The molecule has 0 spiro atoms. The molecule has 0 heterocycles. The van der Waals surface area contributed by atoms with Crippen molar-refractivity contribution in [3.63, 3.8) is 0 Å². The van der Waals surface area contributed by atoms with E-state index in [9.17, 15) is 22.8 Å². The number of hydrogen-bond donors (Lipinski definition) is 1. The summed E-state index contributed by atoms with van der Waals surface area (Å²) in [6.07, 6.45) is -4.46. The minimum absolute atomic E-state index is 0.106. The molecule has 26 heavy (non-hydrogen) atoms. The quantitative estimate of drug-likeness (QED) is 0.795. The van der Waals surface area contributed by atoms with Crippen molar-refractivity contribution in [1.82, 2.24) is 5.32 Å². The fourth-order valence-corrected chi connectivity index (χ4v) is 2.40. The number of methoxy groups -OCH3 is 1. The van der Waals surface area contributed by atoms with Crippen molar-refractivity contribution in [2.24, 2.45) is 0 Å². The monoisotopic (exact) mass is 385 g/mol. The Labute approximate surface area is 152 Å². The molecular weight excluding hydrogens is 371 g/mol. The van der Waals surface area contributed by atoms with Crippen molar-refractivity contribution in [2.45, 2.75) is 18.6 Å². The maximum Gasteiger partial charge on any atom is 0.416 e. The Morgan fingerprint density at radius 1 is 1.15 bits per heavy atom. The fourth-order valence-electron chi connectivity index (χ4n) is 2.27. The molecule has 0 bridgehead atoms. The van der Waals surface area contributed by atoms with Gasteiger partial charge in [-0.15, -0.1) is 0 Å². The number of alkyl halides is 3. The highest BCUT2D eigenvalue weighted by atomic mass is 35.5. The largest absolute Gasteiger partial charge is 0.467 e. The predicted molar refractivity (Wildman–Crippen MR) is 89.9 cm³/mol. The van der Waals surface area contributed by atoms with Crippen LogP contribution in [0.25, 0.3) is 0 Å². The molecule has 0 fully saturated rings. The zero-order chi connectivity index (χ0) is 19.3. The molecule has 0 radical (unpaired) electrons. The third kappa shape index (κ3) is 5.23. The van der Waals surface area contributed by atoms with Gasteiger partial charge in [-0.25, -0.2) is 4.79 Å². The SMILES string of the molecule is COC(=O)[C@@H](Cc1ccc(Cl)cc1)NC(=O)c1cccc(C(F)(F)F)c1. The van der Waals surface area contributed by atoms with Crippen molar-refractivity contribution in [3.8, 4) is 0 Å². The van der Waals surface area contributed by atoms with Crippen molar-refractivity contribution >= 4 is 23.5 Å². The number of carbonyl (C=O) groups is 2. The summed E-state index contributed by atoms with van der Waals surface area (Å²) < 4.78 is 43.0. The number of benzene rings is 2. The lowest BCUT2D eigenvalue weighted by atomic mass is 10.0. The number of carbonyl (C=O) groups excluding carboxylic acids is 2. The highest BCUT2D eigenvalue weighted by molar-refractivity contribution is 6.30. The summed E-state index contributed by atoms with van der Waals surface area (Å²) in [5.74, 6) is -1.51. The van der Waals surface area contributed by atoms with Crippen LogP contribution < -0.4 is 5.32 Å². The third-order valence-corrected chi connectivity index (χ3v) is 3.85. The average molecular weight is 386 g/mol. The van der Waals surface area contributed by atoms with E-state index in [-0.39, 0.29) is 12.0 Å². The second-order valence-electron chi connectivity index (χ2n) is 5.46. The van der Waals surface area contributed by atoms with Crippen molar-refractivity contribution < 1.29 is 27.5 Å². The van der Waals surface area contributed by atoms with E-state index in [1.165, 1.54) is 6.07 Å². The van der Waals surface area contributed by atoms with E-state index >= 15 is 0 Å². The molecule has 0 saturated carbocycles. The van der Waals surface area contributed by atoms with Crippen LogP contribution in [0.3, 0.4) is 0 Å². The van der Waals surface area contributed by atoms with Gasteiger partial charge in [0.05, 0.1) is 12.7 Å². The molecule has 4 nitrogen and oxygen atoms in total. The molecule has 0 unspecified atom stereocenters. The Morgan fingerprint density at radius 2 is 1.81 bits per heavy atom. The Balaban J connectivity index is 2.18. The molecule has 0 aromatic heterocycles. The summed E-state index contributed by atoms with van der Waals surface area (Å²) in [5, 5.41) is 2.92. The minimum atomic E-state index is -4.57. The smallest absolute Gasteiger partial charge is 0.416 e. The van der Waals surface area contributed by atoms with E-state index in [2.05, 4.69) is 10.1 Å². The Kier molecular flexibility index (Phi) is 6.26. The number of amides is 1. The van der Waals surface area contributed by atoms with Crippen LogP contribution in [0, 0.1) is 0 Å². The van der Waals surface area contributed by atoms with E-state index in [0.717, 1.165) is 25.3 Å².